The second-order valence-corrected chi connectivity index (χ2v) is 7.03. The first kappa shape index (κ1) is 19.2. The van der Waals surface area contributed by atoms with E-state index in [1.807, 2.05) is 11.0 Å². The van der Waals surface area contributed by atoms with Crippen molar-refractivity contribution in [2.45, 2.75) is 39.0 Å². The summed E-state index contributed by atoms with van der Waals surface area (Å²) in [7, 11) is 0. The second kappa shape index (κ2) is 8.28. The quantitative estimate of drug-likeness (QED) is 0.904. The van der Waals surface area contributed by atoms with Gasteiger partial charge in [-0.3, -0.25) is 4.90 Å². The number of hydrogen-bond acceptors (Lipinski definition) is 5. The van der Waals surface area contributed by atoms with E-state index < -0.39 is 11.7 Å². The van der Waals surface area contributed by atoms with Gasteiger partial charge in [0.2, 0.25) is 0 Å². The maximum atomic E-state index is 13.9. The third-order valence-corrected chi connectivity index (χ3v) is 3.66. The van der Waals surface area contributed by atoms with E-state index in [1.54, 1.807) is 26.8 Å². The van der Waals surface area contributed by atoms with E-state index in [0.717, 1.165) is 0 Å². The van der Waals surface area contributed by atoms with Crippen molar-refractivity contribution in [1.82, 2.24) is 10.2 Å². The summed E-state index contributed by atoms with van der Waals surface area (Å²) in [6.07, 6.45) is -0.676. The summed E-state index contributed by atoms with van der Waals surface area (Å²) < 4.78 is 24.8. The number of nitriles is 1. The smallest absolute Gasteiger partial charge is 0.407 e. The summed E-state index contributed by atoms with van der Waals surface area (Å²) in [5.41, 5.74) is 0.375. The molecule has 0 radical (unpaired) electrons. The number of nitrogens with one attached hydrogen (secondary N) is 1. The Morgan fingerprint density at radius 2 is 2.28 bits per heavy atom. The highest BCUT2D eigenvalue weighted by Crippen LogP contribution is 2.15. The molecule has 1 aliphatic rings. The highest BCUT2D eigenvalue weighted by molar-refractivity contribution is 5.67. The number of hydrogen-bond donors (Lipinski definition) is 1. The summed E-state index contributed by atoms with van der Waals surface area (Å²) in [4.78, 5) is 13.8. The van der Waals surface area contributed by atoms with Crippen LogP contribution in [-0.2, 0) is 16.0 Å². The first-order valence-corrected chi connectivity index (χ1v) is 8.26. The standard InChI is InChI=1S/C18H24FN3O3/c1-18(2,3)25-17(23)21-10-15-12-22(6-7-24-15)11-14-8-13(9-20)4-5-16(14)19/h4-5,8,15H,6-7,10-12H2,1-3H3,(H,21,23)/t15-/m0/s1. The van der Waals surface area contributed by atoms with E-state index in [-0.39, 0.29) is 11.9 Å². The molecule has 0 aliphatic carbocycles. The molecule has 2 rings (SSSR count). The number of rotatable bonds is 4. The van der Waals surface area contributed by atoms with Gasteiger partial charge in [-0.05, 0) is 39.0 Å². The lowest BCUT2D eigenvalue weighted by atomic mass is 10.1. The summed E-state index contributed by atoms with van der Waals surface area (Å²) in [6.45, 7) is 7.85. The molecule has 7 heteroatoms. The van der Waals surface area contributed by atoms with Crippen LogP contribution in [0.15, 0.2) is 18.2 Å². The van der Waals surface area contributed by atoms with E-state index in [9.17, 15) is 9.18 Å². The number of nitrogens with zero attached hydrogens (tertiary/aromatic N) is 2. The van der Waals surface area contributed by atoms with Gasteiger partial charge in [0.05, 0.1) is 24.3 Å². The van der Waals surface area contributed by atoms with E-state index in [2.05, 4.69) is 5.32 Å². The molecule has 1 aliphatic heterocycles. The molecule has 0 bridgehead atoms. The molecule has 0 spiro atoms. The number of carbonyl (C=O) groups excluding carboxylic acids is 1. The lowest BCUT2D eigenvalue weighted by Crippen LogP contribution is -2.47. The van der Waals surface area contributed by atoms with Gasteiger partial charge < -0.3 is 14.8 Å². The third-order valence-electron chi connectivity index (χ3n) is 3.66. The molecule has 1 aromatic carbocycles. The molecule has 6 nitrogen and oxygen atoms in total. The van der Waals surface area contributed by atoms with Crippen molar-refractivity contribution in [3.8, 4) is 6.07 Å². The predicted molar refractivity (Wildman–Crippen MR) is 90.4 cm³/mol. The topological polar surface area (TPSA) is 74.6 Å². The van der Waals surface area contributed by atoms with Crippen LogP contribution in [0.1, 0.15) is 31.9 Å². The fourth-order valence-corrected chi connectivity index (χ4v) is 2.57. The average molecular weight is 349 g/mol. The normalized spacial score (nSPS) is 18.4. The Morgan fingerprint density at radius 1 is 1.52 bits per heavy atom. The monoisotopic (exact) mass is 349 g/mol. The minimum Gasteiger partial charge on any atom is -0.444 e. The molecule has 136 valence electrons. The Kier molecular flexibility index (Phi) is 6.34. The van der Waals surface area contributed by atoms with Gasteiger partial charge in [-0.1, -0.05) is 0 Å². The highest BCUT2D eigenvalue weighted by Gasteiger charge is 2.23. The van der Waals surface area contributed by atoms with Gasteiger partial charge in [0.1, 0.15) is 11.4 Å². The van der Waals surface area contributed by atoms with Crippen LogP contribution in [0.5, 0.6) is 0 Å². The van der Waals surface area contributed by atoms with Crippen molar-refractivity contribution in [2.75, 3.05) is 26.2 Å². The van der Waals surface area contributed by atoms with Crippen LogP contribution in [0.2, 0.25) is 0 Å². The molecule has 1 aromatic rings. The molecule has 1 saturated heterocycles. The number of benzene rings is 1. The number of halogens is 1. The number of alkyl carbamates (subject to hydrolysis) is 1. The first-order valence-electron chi connectivity index (χ1n) is 8.26. The third kappa shape index (κ3) is 6.33. The lowest BCUT2D eigenvalue weighted by Gasteiger charge is -2.33. The van der Waals surface area contributed by atoms with E-state index in [1.165, 1.54) is 12.1 Å². The van der Waals surface area contributed by atoms with Crippen molar-refractivity contribution in [1.29, 1.82) is 5.26 Å². The molecule has 0 unspecified atom stereocenters. The van der Waals surface area contributed by atoms with E-state index in [0.29, 0.717) is 43.9 Å². The Balaban J connectivity index is 1.87. The summed E-state index contributed by atoms with van der Waals surface area (Å²) in [5, 5.41) is 11.6. The first-order chi connectivity index (χ1) is 11.8. The van der Waals surface area contributed by atoms with Crippen LogP contribution in [-0.4, -0.2) is 48.9 Å². The van der Waals surface area contributed by atoms with Crippen molar-refractivity contribution in [3.63, 3.8) is 0 Å². The van der Waals surface area contributed by atoms with Crippen molar-refractivity contribution >= 4 is 6.09 Å². The molecule has 25 heavy (non-hydrogen) atoms. The Hall–Kier alpha value is -2.17. The Labute approximate surface area is 147 Å². The summed E-state index contributed by atoms with van der Waals surface area (Å²) in [5.74, 6) is -0.325. The zero-order valence-electron chi connectivity index (χ0n) is 14.8. The van der Waals surface area contributed by atoms with Crippen LogP contribution in [0.4, 0.5) is 9.18 Å². The van der Waals surface area contributed by atoms with Gasteiger partial charge in [0.25, 0.3) is 0 Å². The van der Waals surface area contributed by atoms with Gasteiger partial charge in [0, 0.05) is 31.7 Å². The molecular formula is C18H24FN3O3. The number of carbonyl (C=O) groups is 1. The Bertz CT molecular complexity index is 652. The molecule has 0 saturated carbocycles. The minimum absolute atomic E-state index is 0.191. The summed E-state index contributed by atoms with van der Waals surface area (Å²) >= 11 is 0. The van der Waals surface area contributed by atoms with Gasteiger partial charge in [-0.15, -0.1) is 0 Å². The molecular weight excluding hydrogens is 325 g/mol. The fourth-order valence-electron chi connectivity index (χ4n) is 2.57. The molecule has 1 heterocycles. The number of morpholine rings is 1. The maximum Gasteiger partial charge on any atom is 0.407 e. The van der Waals surface area contributed by atoms with Crippen LogP contribution in [0, 0.1) is 17.1 Å². The largest absolute Gasteiger partial charge is 0.444 e. The predicted octanol–water partition coefficient (Wildman–Crippen LogP) is 2.42. The van der Waals surface area contributed by atoms with Crippen molar-refractivity contribution < 1.29 is 18.7 Å². The fraction of sp³-hybridized carbons (Fsp3) is 0.556. The molecule has 1 atom stereocenters. The zero-order valence-corrected chi connectivity index (χ0v) is 14.8. The van der Waals surface area contributed by atoms with Crippen LogP contribution in [0.25, 0.3) is 0 Å². The van der Waals surface area contributed by atoms with Gasteiger partial charge in [-0.2, -0.15) is 5.26 Å². The molecule has 1 amide bonds. The highest BCUT2D eigenvalue weighted by atomic mass is 19.1. The van der Waals surface area contributed by atoms with E-state index >= 15 is 0 Å². The lowest BCUT2D eigenvalue weighted by molar-refractivity contribution is -0.0315. The summed E-state index contributed by atoms with van der Waals surface area (Å²) in [6, 6.07) is 6.37. The van der Waals surface area contributed by atoms with Crippen molar-refractivity contribution in [2.24, 2.45) is 0 Å². The number of ether oxygens (including phenoxy) is 2. The average Bonchev–Trinajstić information content (AvgIpc) is 2.54. The molecule has 1 fully saturated rings. The number of amides is 1. The molecule has 1 N–H and O–H groups in total. The van der Waals surface area contributed by atoms with Gasteiger partial charge in [-0.25, -0.2) is 9.18 Å². The van der Waals surface area contributed by atoms with Gasteiger partial charge >= 0.3 is 6.09 Å². The van der Waals surface area contributed by atoms with Gasteiger partial charge in [0.15, 0.2) is 0 Å². The second-order valence-electron chi connectivity index (χ2n) is 7.03. The molecule has 0 aromatic heterocycles. The van der Waals surface area contributed by atoms with Crippen LogP contribution < -0.4 is 5.32 Å². The van der Waals surface area contributed by atoms with E-state index in [4.69, 9.17) is 14.7 Å². The van der Waals surface area contributed by atoms with Crippen molar-refractivity contribution in [3.05, 3.63) is 35.1 Å². The minimum atomic E-state index is -0.549. The Morgan fingerprint density at radius 3 is 2.96 bits per heavy atom. The SMILES string of the molecule is CC(C)(C)OC(=O)NC[C@H]1CN(Cc2cc(C#N)ccc2F)CCO1. The van der Waals surface area contributed by atoms with Crippen LogP contribution >= 0.6 is 0 Å². The maximum absolute atomic E-state index is 13.9. The zero-order chi connectivity index (χ0) is 18.4. The van der Waals surface area contributed by atoms with Crippen LogP contribution in [0.3, 0.4) is 0 Å².